The second-order valence-corrected chi connectivity index (χ2v) is 6.69. The second kappa shape index (κ2) is 8.64. The molecular formula is C21H23N3O5. The molecule has 2 N–H and O–H groups in total. The zero-order valence-corrected chi connectivity index (χ0v) is 16.5. The van der Waals surface area contributed by atoms with Crippen LogP contribution in [0.25, 0.3) is 0 Å². The van der Waals surface area contributed by atoms with Crippen molar-refractivity contribution >= 4 is 34.8 Å². The first-order chi connectivity index (χ1) is 13.9. The summed E-state index contributed by atoms with van der Waals surface area (Å²) in [5.41, 5.74) is 1.70. The first kappa shape index (κ1) is 20.2. The topological polar surface area (TPSA) is 97.0 Å². The van der Waals surface area contributed by atoms with Crippen LogP contribution in [0.5, 0.6) is 11.5 Å². The van der Waals surface area contributed by atoms with Crippen molar-refractivity contribution in [3.05, 3.63) is 42.5 Å². The Balaban J connectivity index is 1.73. The Kier molecular flexibility index (Phi) is 6.01. The summed E-state index contributed by atoms with van der Waals surface area (Å²) in [5, 5.41) is 5.48. The second-order valence-electron chi connectivity index (χ2n) is 6.69. The number of amides is 3. The van der Waals surface area contributed by atoms with Crippen LogP contribution < -0.4 is 25.0 Å². The van der Waals surface area contributed by atoms with E-state index in [0.717, 1.165) is 0 Å². The van der Waals surface area contributed by atoms with Gasteiger partial charge in [-0.2, -0.15) is 0 Å². The van der Waals surface area contributed by atoms with Gasteiger partial charge in [0.1, 0.15) is 11.5 Å². The van der Waals surface area contributed by atoms with Crippen LogP contribution in [0.2, 0.25) is 0 Å². The van der Waals surface area contributed by atoms with Crippen LogP contribution in [0.1, 0.15) is 13.3 Å². The zero-order chi connectivity index (χ0) is 21.0. The van der Waals surface area contributed by atoms with Crippen LogP contribution in [-0.4, -0.2) is 38.5 Å². The van der Waals surface area contributed by atoms with Crippen molar-refractivity contribution < 1.29 is 23.9 Å². The number of carbonyl (C=O) groups excluding carboxylic acids is 3. The summed E-state index contributed by atoms with van der Waals surface area (Å²) in [7, 11) is 3.07. The Morgan fingerprint density at radius 3 is 2.41 bits per heavy atom. The van der Waals surface area contributed by atoms with E-state index in [1.807, 2.05) is 0 Å². The molecule has 3 amide bonds. The van der Waals surface area contributed by atoms with Crippen molar-refractivity contribution in [3.8, 4) is 11.5 Å². The molecule has 1 fully saturated rings. The monoisotopic (exact) mass is 397 g/mol. The van der Waals surface area contributed by atoms with Crippen molar-refractivity contribution in [1.82, 2.24) is 0 Å². The predicted molar refractivity (Wildman–Crippen MR) is 109 cm³/mol. The van der Waals surface area contributed by atoms with E-state index in [4.69, 9.17) is 9.47 Å². The molecule has 2 aromatic rings. The third-order valence-corrected chi connectivity index (χ3v) is 4.62. The van der Waals surface area contributed by atoms with E-state index >= 15 is 0 Å². The molecular weight excluding hydrogens is 374 g/mol. The Morgan fingerprint density at radius 2 is 1.76 bits per heavy atom. The quantitative estimate of drug-likeness (QED) is 0.781. The summed E-state index contributed by atoms with van der Waals surface area (Å²) in [5.74, 6) is -0.00790. The number of methoxy groups -OCH3 is 2. The summed E-state index contributed by atoms with van der Waals surface area (Å²) in [6, 6.07) is 12.0. The number of benzene rings is 2. The van der Waals surface area contributed by atoms with Crippen molar-refractivity contribution in [1.29, 1.82) is 0 Å². The fourth-order valence-electron chi connectivity index (χ4n) is 3.25. The molecule has 29 heavy (non-hydrogen) atoms. The molecule has 0 bridgehead atoms. The molecule has 1 atom stereocenters. The number of carbonyl (C=O) groups is 3. The third kappa shape index (κ3) is 4.66. The first-order valence-electron chi connectivity index (χ1n) is 9.12. The van der Waals surface area contributed by atoms with Crippen LogP contribution in [0, 0.1) is 5.92 Å². The van der Waals surface area contributed by atoms with E-state index in [1.54, 1.807) is 54.5 Å². The maximum Gasteiger partial charge on any atom is 0.229 e. The molecule has 8 heteroatoms. The van der Waals surface area contributed by atoms with Gasteiger partial charge in [-0.1, -0.05) is 6.07 Å². The van der Waals surface area contributed by atoms with Gasteiger partial charge in [0.05, 0.1) is 25.8 Å². The summed E-state index contributed by atoms with van der Waals surface area (Å²) >= 11 is 0. The average Bonchev–Trinajstić information content (AvgIpc) is 3.09. The normalized spacial score (nSPS) is 15.8. The van der Waals surface area contributed by atoms with E-state index < -0.39 is 5.92 Å². The van der Waals surface area contributed by atoms with Gasteiger partial charge in [-0.3, -0.25) is 14.4 Å². The molecule has 1 aliphatic heterocycles. The lowest BCUT2D eigenvalue weighted by molar-refractivity contribution is -0.122. The fraction of sp³-hybridized carbons (Fsp3) is 0.286. The van der Waals surface area contributed by atoms with Gasteiger partial charge in [0.25, 0.3) is 0 Å². The van der Waals surface area contributed by atoms with E-state index in [-0.39, 0.29) is 30.7 Å². The largest absolute Gasteiger partial charge is 0.497 e. The molecule has 0 radical (unpaired) electrons. The summed E-state index contributed by atoms with van der Waals surface area (Å²) in [4.78, 5) is 38.0. The van der Waals surface area contributed by atoms with Gasteiger partial charge in [0, 0.05) is 37.3 Å². The Bertz CT molecular complexity index is 944. The molecule has 0 saturated carbocycles. The number of nitrogens with one attached hydrogen (secondary N) is 2. The Morgan fingerprint density at radius 1 is 1.03 bits per heavy atom. The van der Waals surface area contributed by atoms with E-state index in [1.165, 1.54) is 14.0 Å². The molecule has 152 valence electrons. The minimum Gasteiger partial charge on any atom is -0.497 e. The lowest BCUT2D eigenvalue weighted by Gasteiger charge is -2.20. The molecule has 1 saturated heterocycles. The molecule has 8 nitrogen and oxygen atoms in total. The molecule has 3 rings (SSSR count). The average molecular weight is 397 g/mol. The Hall–Kier alpha value is -3.55. The molecule has 1 heterocycles. The predicted octanol–water partition coefficient (Wildman–Crippen LogP) is 2.65. The van der Waals surface area contributed by atoms with E-state index in [2.05, 4.69) is 10.6 Å². The van der Waals surface area contributed by atoms with Crippen LogP contribution in [0.4, 0.5) is 17.1 Å². The Labute approximate surface area is 168 Å². The number of hydrogen-bond acceptors (Lipinski definition) is 5. The molecule has 0 aliphatic carbocycles. The lowest BCUT2D eigenvalue weighted by Crippen LogP contribution is -2.28. The number of ether oxygens (including phenoxy) is 2. The standard InChI is InChI=1S/C21H23N3O5/c1-13(25)22-15-5-4-6-16(10-15)23-21(27)14-9-20(26)24(12-14)18-11-17(28-2)7-8-19(18)29-3/h4-8,10-11,14H,9,12H2,1-3H3,(H,22,25)(H,23,27)/t14-/m0/s1. The fourth-order valence-corrected chi connectivity index (χ4v) is 3.25. The van der Waals surface area contributed by atoms with Gasteiger partial charge >= 0.3 is 0 Å². The van der Waals surface area contributed by atoms with Crippen LogP contribution >= 0.6 is 0 Å². The highest BCUT2D eigenvalue weighted by molar-refractivity contribution is 6.04. The maximum atomic E-state index is 12.7. The number of hydrogen-bond donors (Lipinski definition) is 2. The van der Waals surface area contributed by atoms with Crippen LogP contribution in [0.3, 0.4) is 0 Å². The highest BCUT2D eigenvalue weighted by atomic mass is 16.5. The lowest BCUT2D eigenvalue weighted by atomic mass is 10.1. The molecule has 1 aliphatic rings. The van der Waals surface area contributed by atoms with Crippen molar-refractivity contribution in [2.75, 3.05) is 36.3 Å². The molecule has 0 aromatic heterocycles. The zero-order valence-electron chi connectivity index (χ0n) is 16.5. The van der Waals surface area contributed by atoms with Gasteiger partial charge in [-0.05, 0) is 30.3 Å². The van der Waals surface area contributed by atoms with Crippen LogP contribution in [0.15, 0.2) is 42.5 Å². The first-order valence-corrected chi connectivity index (χ1v) is 9.12. The van der Waals surface area contributed by atoms with E-state index in [9.17, 15) is 14.4 Å². The number of rotatable bonds is 6. The molecule has 0 spiro atoms. The smallest absolute Gasteiger partial charge is 0.229 e. The van der Waals surface area contributed by atoms with Gasteiger partial charge in [0.2, 0.25) is 17.7 Å². The summed E-state index contributed by atoms with van der Waals surface area (Å²) < 4.78 is 10.6. The minimum absolute atomic E-state index is 0.0948. The molecule has 2 aromatic carbocycles. The van der Waals surface area contributed by atoms with Gasteiger partial charge in [-0.15, -0.1) is 0 Å². The SMILES string of the molecule is COc1ccc(OC)c(N2C[C@@H](C(=O)Nc3cccc(NC(C)=O)c3)CC2=O)c1. The van der Waals surface area contributed by atoms with Crippen molar-refractivity contribution in [2.45, 2.75) is 13.3 Å². The third-order valence-electron chi connectivity index (χ3n) is 4.62. The molecule has 0 unspecified atom stereocenters. The van der Waals surface area contributed by atoms with Crippen LogP contribution in [-0.2, 0) is 14.4 Å². The summed E-state index contributed by atoms with van der Waals surface area (Å²) in [6.07, 6.45) is 0.0948. The van der Waals surface area contributed by atoms with Crippen molar-refractivity contribution in [3.63, 3.8) is 0 Å². The highest BCUT2D eigenvalue weighted by Gasteiger charge is 2.36. The van der Waals surface area contributed by atoms with Gasteiger partial charge < -0.3 is 25.0 Å². The van der Waals surface area contributed by atoms with Gasteiger partial charge in [0.15, 0.2) is 0 Å². The summed E-state index contributed by atoms with van der Waals surface area (Å²) in [6.45, 7) is 1.65. The van der Waals surface area contributed by atoms with Crippen molar-refractivity contribution in [2.24, 2.45) is 5.92 Å². The highest BCUT2D eigenvalue weighted by Crippen LogP contribution is 2.36. The van der Waals surface area contributed by atoms with Gasteiger partial charge in [-0.25, -0.2) is 0 Å². The number of nitrogens with zero attached hydrogens (tertiary/aromatic N) is 1. The van der Waals surface area contributed by atoms with E-state index in [0.29, 0.717) is 28.6 Å². The maximum absolute atomic E-state index is 12.7. The number of anilines is 3. The minimum atomic E-state index is -0.511.